The fraction of sp³-hybridized carbons (Fsp3) is 0.615. The van der Waals surface area contributed by atoms with Crippen molar-refractivity contribution in [2.75, 3.05) is 0 Å². The van der Waals surface area contributed by atoms with Crippen molar-refractivity contribution in [1.82, 2.24) is 0 Å². The highest BCUT2D eigenvalue weighted by Gasteiger charge is 2.14. The van der Waals surface area contributed by atoms with Gasteiger partial charge in [0.05, 0.1) is 25.7 Å². The third kappa shape index (κ3) is 27.6. The van der Waals surface area contributed by atoms with E-state index in [9.17, 15) is 24.0 Å². The Morgan fingerprint density at radius 2 is 0.875 bits per heavy atom. The minimum atomic E-state index is -1.08. The topological polar surface area (TPSA) is 213 Å². The van der Waals surface area contributed by atoms with Gasteiger partial charge < -0.3 is 31.3 Å². The second-order valence-electron chi connectivity index (χ2n) is 4.68. The number of carbonyl (C=O) groups is 5. The zero-order chi connectivity index (χ0) is 19.9. The van der Waals surface area contributed by atoms with Gasteiger partial charge in [0.15, 0.2) is 0 Å². The molecule has 11 heteroatoms. The molecule has 0 amide bonds. The zero-order valence-corrected chi connectivity index (χ0v) is 13.3. The average Bonchev–Trinajstić information content (AvgIpc) is 2.43. The summed E-state index contributed by atoms with van der Waals surface area (Å²) in [4.78, 5) is 48.6. The average molecular weight is 353 g/mol. The second-order valence-corrected chi connectivity index (χ2v) is 4.68. The maximum Gasteiger partial charge on any atom is 0.320 e. The molecule has 0 radical (unpaired) electrons. The van der Waals surface area contributed by atoms with Crippen molar-refractivity contribution >= 4 is 29.8 Å². The van der Waals surface area contributed by atoms with E-state index in [0.717, 1.165) is 0 Å². The maximum absolute atomic E-state index is 10.0. The van der Waals surface area contributed by atoms with Crippen molar-refractivity contribution in [3.8, 4) is 0 Å². The first kappa shape index (κ1) is 26.2. The van der Waals surface area contributed by atoms with Crippen LogP contribution in [0.3, 0.4) is 0 Å². The predicted octanol–water partition coefficient (Wildman–Crippen LogP) is -0.0741. The maximum atomic E-state index is 10.0. The minimum absolute atomic E-state index is 0.0208. The van der Waals surface area contributed by atoms with Crippen molar-refractivity contribution in [3.63, 3.8) is 0 Å². The Hall–Kier alpha value is -2.69. The Bertz CT molecular complexity index is 376. The number of carboxylic acid groups (broad SMARTS) is 5. The Balaban J connectivity index is -0.000000276. The monoisotopic (exact) mass is 353 g/mol. The molecule has 0 aliphatic heterocycles. The zero-order valence-electron chi connectivity index (χ0n) is 13.3. The molecule has 0 heterocycles. The van der Waals surface area contributed by atoms with Crippen LogP contribution in [0.5, 0.6) is 0 Å². The van der Waals surface area contributed by atoms with Gasteiger partial charge in [-0.15, -0.1) is 0 Å². The largest absolute Gasteiger partial charge is 0.481 e. The molecule has 0 aromatic rings. The first-order valence-corrected chi connectivity index (χ1v) is 6.66. The van der Waals surface area contributed by atoms with Crippen LogP contribution in [0.25, 0.3) is 0 Å². The van der Waals surface area contributed by atoms with Gasteiger partial charge in [0.25, 0.3) is 0 Å². The normalized spacial score (nSPS) is 10.3. The molecule has 0 aliphatic rings. The third-order valence-corrected chi connectivity index (χ3v) is 2.11. The number of aliphatic carboxylic acids is 5. The summed E-state index contributed by atoms with van der Waals surface area (Å²) in [5, 5.41) is 39.8. The molecule has 11 nitrogen and oxygen atoms in total. The smallest absolute Gasteiger partial charge is 0.320 e. The number of rotatable bonds is 8. The van der Waals surface area contributed by atoms with Gasteiger partial charge in [-0.25, -0.2) is 0 Å². The molecule has 0 rings (SSSR count). The van der Waals surface area contributed by atoms with E-state index in [1.54, 1.807) is 13.8 Å². The van der Waals surface area contributed by atoms with Crippen molar-refractivity contribution in [3.05, 3.63) is 0 Å². The van der Waals surface area contributed by atoms with Crippen LogP contribution in [0, 0.1) is 5.92 Å². The van der Waals surface area contributed by atoms with E-state index in [1.165, 1.54) is 0 Å². The molecule has 0 saturated heterocycles. The molecule has 0 unspecified atom stereocenters. The Morgan fingerprint density at radius 3 is 0.917 bits per heavy atom. The molecule has 7 N–H and O–H groups in total. The lowest BCUT2D eigenvalue weighted by molar-refractivity contribution is -0.143. The summed E-state index contributed by atoms with van der Waals surface area (Å²) >= 11 is 0. The molecule has 0 saturated carbocycles. The van der Waals surface area contributed by atoms with Gasteiger partial charge in [0, 0.05) is 0 Å². The van der Waals surface area contributed by atoms with E-state index in [2.05, 4.69) is 0 Å². The highest BCUT2D eigenvalue weighted by atomic mass is 16.4. The van der Waals surface area contributed by atoms with Crippen molar-refractivity contribution < 1.29 is 49.5 Å². The molecule has 0 aliphatic carbocycles. The number of carboxylic acids is 5. The molecule has 24 heavy (non-hydrogen) atoms. The number of nitrogens with two attached hydrogens (primary N) is 1. The fourth-order valence-electron chi connectivity index (χ4n) is 0.713. The van der Waals surface area contributed by atoms with Crippen LogP contribution in [0.2, 0.25) is 0 Å². The van der Waals surface area contributed by atoms with Gasteiger partial charge in [-0.2, -0.15) is 0 Å². The molecule has 0 fully saturated rings. The van der Waals surface area contributed by atoms with Crippen molar-refractivity contribution in [2.24, 2.45) is 11.7 Å². The highest BCUT2D eigenvalue weighted by molar-refractivity contribution is 5.75. The van der Waals surface area contributed by atoms with Crippen LogP contribution < -0.4 is 5.73 Å². The van der Waals surface area contributed by atoms with Gasteiger partial charge in [0.1, 0.15) is 6.04 Å². The molecule has 140 valence electrons. The third-order valence-electron chi connectivity index (χ3n) is 2.11. The van der Waals surface area contributed by atoms with Gasteiger partial charge in [-0.3, -0.25) is 24.0 Å². The van der Waals surface area contributed by atoms with E-state index in [1.807, 2.05) is 0 Å². The van der Waals surface area contributed by atoms with Gasteiger partial charge in [0.2, 0.25) is 0 Å². The lowest BCUT2D eigenvalue weighted by Crippen LogP contribution is -2.34. The van der Waals surface area contributed by atoms with E-state index >= 15 is 0 Å². The number of hydrogen-bond acceptors (Lipinski definition) is 6. The van der Waals surface area contributed by atoms with Crippen LogP contribution in [-0.4, -0.2) is 61.4 Å². The van der Waals surface area contributed by atoms with E-state index < -0.39 is 35.9 Å². The van der Waals surface area contributed by atoms with Crippen molar-refractivity contribution in [2.45, 2.75) is 45.6 Å². The molecule has 0 aromatic heterocycles. The summed E-state index contributed by atoms with van der Waals surface area (Å²) in [5.41, 5.74) is 5.16. The van der Waals surface area contributed by atoms with Gasteiger partial charge in [-0.1, -0.05) is 13.8 Å². The standard InChI is InChI=1S/C5H11NO2.2C4H6O4/c1-3(2)4(6)5(7)8;2*5-3(6)1-2-4(7)8/h3-4H,6H2,1-2H3,(H,7,8);2*1-2H2,(H,5,6)(H,7,8)/t4-;;/m0../s1. The van der Waals surface area contributed by atoms with Crippen LogP contribution in [-0.2, 0) is 24.0 Å². The lowest BCUT2D eigenvalue weighted by Gasteiger charge is -2.07. The fourth-order valence-corrected chi connectivity index (χ4v) is 0.713. The Morgan fingerprint density at radius 1 is 0.667 bits per heavy atom. The van der Waals surface area contributed by atoms with E-state index in [0.29, 0.717) is 0 Å². The Kier molecular flexibility index (Phi) is 16.6. The van der Waals surface area contributed by atoms with Crippen LogP contribution >= 0.6 is 0 Å². The minimum Gasteiger partial charge on any atom is -0.481 e. The van der Waals surface area contributed by atoms with Crippen LogP contribution in [0.1, 0.15) is 39.5 Å². The molecular weight excluding hydrogens is 330 g/mol. The summed E-state index contributed by atoms with van der Waals surface area (Å²) in [7, 11) is 0. The van der Waals surface area contributed by atoms with Crippen LogP contribution in [0.15, 0.2) is 0 Å². The molecule has 0 aromatic carbocycles. The summed E-state index contributed by atoms with van der Waals surface area (Å²) in [5.74, 6) is -5.22. The van der Waals surface area contributed by atoms with Gasteiger partial charge >= 0.3 is 29.8 Å². The van der Waals surface area contributed by atoms with E-state index in [4.69, 9.17) is 31.3 Å². The highest BCUT2D eigenvalue weighted by Crippen LogP contribution is 1.96. The van der Waals surface area contributed by atoms with E-state index in [-0.39, 0.29) is 31.6 Å². The molecule has 0 spiro atoms. The summed E-state index contributed by atoms with van der Waals surface area (Å²) in [6, 6.07) is -0.713. The molecular formula is C13H23NO10. The first-order valence-electron chi connectivity index (χ1n) is 6.66. The predicted molar refractivity (Wildman–Crippen MR) is 79.5 cm³/mol. The second kappa shape index (κ2) is 15.2. The summed E-state index contributed by atoms with van der Waals surface area (Å²) in [6.07, 6.45) is -1.19. The molecule has 1 atom stereocenters. The Labute approximate surface area is 137 Å². The molecule has 0 bridgehead atoms. The lowest BCUT2D eigenvalue weighted by atomic mass is 10.1. The first-order chi connectivity index (χ1) is 10.8. The number of hydrogen-bond donors (Lipinski definition) is 6. The quantitative estimate of drug-likeness (QED) is 0.339. The SMILES string of the molecule is CC(C)[C@H](N)C(=O)O.O=C(O)CCC(=O)O.O=C(O)CCC(=O)O. The van der Waals surface area contributed by atoms with Gasteiger partial charge in [-0.05, 0) is 5.92 Å². The van der Waals surface area contributed by atoms with Crippen molar-refractivity contribution in [1.29, 1.82) is 0 Å². The summed E-state index contributed by atoms with van der Waals surface area (Å²) in [6.45, 7) is 3.55. The summed E-state index contributed by atoms with van der Waals surface area (Å²) < 4.78 is 0. The van der Waals surface area contributed by atoms with Crippen LogP contribution in [0.4, 0.5) is 0 Å².